The Morgan fingerprint density at radius 3 is 0.481 bits per heavy atom. The Bertz CT molecular complexity index is 4440. The predicted molar refractivity (Wildman–Crippen MR) is 571 cm³/mol. The lowest BCUT2D eigenvalue weighted by atomic mass is 9.99. The standard InChI is InChI=1S/C26H40N2O.C25H38N2O.C24H36N2O.C23H34N2O.C22H32N2O/c1-4-6-8-10-11-13-21-29-24-17-15-23(16-18-24)26-20-19-25(27-28-26)22(3)14-12-9-7-5-2;1-4-6-8-10-12-20-28-23-16-14-22(15-17-23)25-19-18-24(26-27-25)21(3)13-11-9-7-5-2;1-4-6-8-10-12-20(3)23-17-18-24(26-25-23)21-13-15-22(16-14-21)27-19-11-9-7-5-2;1-4-6-8-9-11-19(3)22-16-17-23(25-24-22)20-12-14-21(15-13-20)26-18-10-7-5-2;1-4-6-8-9-10-18(3)21-15-16-22(24-23-21)19-11-13-20(14-12-19)25-17-7-5-2/h15-20,22H,4-14,21H2,1-3H3;14-19,21H,4-13,20H2,1-3H3;13-18,20H,4-12,19H2,1-3H3;12-17,19H,4-11,18H2,1-3H3;11-16,18H,4-10,17H2,1-3H3. The number of ether oxygens (including phenoxy) is 5. The van der Waals surface area contributed by atoms with Gasteiger partial charge in [0.25, 0.3) is 0 Å². The van der Waals surface area contributed by atoms with E-state index in [1.165, 1.54) is 250 Å². The zero-order valence-electron chi connectivity index (χ0n) is 87.1. The quantitative estimate of drug-likeness (QED) is 0.0329. The summed E-state index contributed by atoms with van der Waals surface area (Å²) in [5.74, 6) is 7.04. The summed E-state index contributed by atoms with van der Waals surface area (Å²) in [5, 5.41) is 44.6. The fourth-order valence-corrected chi connectivity index (χ4v) is 16.1. The molecule has 0 radical (unpaired) electrons. The number of unbranched alkanes of at least 4 members (excludes halogenated alkanes) is 30. The second-order valence-corrected chi connectivity index (χ2v) is 37.6. The Morgan fingerprint density at radius 2 is 0.304 bits per heavy atom. The number of benzene rings is 5. The first-order valence-corrected chi connectivity index (χ1v) is 54.1. The normalized spacial score (nSPS) is 12.1. The van der Waals surface area contributed by atoms with E-state index in [9.17, 15) is 0 Å². The van der Waals surface area contributed by atoms with Crippen LogP contribution in [0.5, 0.6) is 28.7 Å². The molecular weight excluding hydrogens is 1660 g/mol. The molecule has 135 heavy (non-hydrogen) atoms. The largest absolute Gasteiger partial charge is 0.494 e. The molecule has 0 bridgehead atoms. The molecule has 0 N–H and O–H groups in total. The molecule has 740 valence electrons. The molecule has 0 saturated carbocycles. The van der Waals surface area contributed by atoms with Crippen molar-refractivity contribution in [3.8, 4) is 85.0 Å². The smallest absolute Gasteiger partial charge is 0.119 e. The van der Waals surface area contributed by atoms with Crippen molar-refractivity contribution in [3.63, 3.8) is 0 Å². The molecule has 10 rings (SSSR count). The van der Waals surface area contributed by atoms with Crippen molar-refractivity contribution in [1.82, 2.24) is 51.0 Å². The molecule has 5 atom stereocenters. The van der Waals surface area contributed by atoms with Crippen LogP contribution in [-0.2, 0) is 0 Å². The van der Waals surface area contributed by atoms with Gasteiger partial charge in [-0.1, -0.05) is 329 Å². The highest BCUT2D eigenvalue weighted by molar-refractivity contribution is 5.63. The Hall–Kier alpha value is -9.50. The lowest BCUT2D eigenvalue weighted by Gasteiger charge is -2.11. The maximum atomic E-state index is 5.87. The van der Waals surface area contributed by atoms with Crippen LogP contribution >= 0.6 is 0 Å². The Labute approximate surface area is 820 Å². The highest BCUT2D eigenvalue weighted by Gasteiger charge is 2.16. The maximum absolute atomic E-state index is 5.87. The van der Waals surface area contributed by atoms with E-state index in [-0.39, 0.29) is 0 Å². The molecular formula is C120H180N10O5. The van der Waals surface area contributed by atoms with Gasteiger partial charge >= 0.3 is 0 Å². The maximum Gasteiger partial charge on any atom is 0.119 e. The molecule has 0 amide bonds. The van der Waals surface area contributed by atoms with Gasteiger partial charge < -0.3 is 23.7 Å². The first-order chi connectivity index (χ1) is 66.2. The molecule has 5 aromatic carbocycles. The van der Waals surface area contributed by atoms with E-state index in [0.717, 1.165) is 185 Å². The summed E-state index contributed by atoms with van der Waals surface area (Å²) in [6, 6.07) is 62.0. The van der Waals surface area contributed by atoms with Gasteiger partial charge in [0.05, 0.1) is 90.0 Å². The van der Waals surface area contributed by atoms with Crippen LogP contribution < -0.4 is 23.7 Å². The van der Waals surface area contributed by atoms with Crippen molar-refractivity contribution >= 4 is 0 Å². The van der Waals surface area contributed by atoms with Crippen LogP contribution in [0, 0.1) is 0 Å². The molecule has 15 nitrogen and oxygen atoms in total. The number of hydrogen-bond acceptors (Lipinski definition) is 15. The summed E-state index contributed by atoms with van der Waals surface area (Å²) in [5.41, 5.74) is 15.5. The van der Waals surface area contributed by atoms with Crippen molar-refractivity contribution in [3.05, 3.63) is 210 Å². The van der Waals surface area contributed by atoms with E-state index in [1.54, 1.807) is 0 Å². The molecule has 5 aromatic heterocycles. The first kappa shape index (κ1) is 114. The monoisotopic (exact) mass is 1840 g/mol. The first-order valence-electron chi connectivity index (χ1n) is 54.1. The van der Waals surface area contributed by atoms with Gasteiger partial charge in [-0.25, -0.2) is 0 Å². The second-order valence-electron chi connectivity index (χ2n) is 37.6. The number of aromatic nitrogens is 10. The van der Waals surface area contributed by atoms with E-state index >= 15 is 0 Å². The minimum atomic E-state index is 0.478. The third-order valence-corrected chi connectivity index (χ3v) is 25.5. The summed E-state index contributed by atoms with van der Waals surface area (Å²) in [6.07, 6.45) is 56.7. The second kappa shape index (κ2) is 73.7. The van der Waals surface area contributed by atoms with Gasteiger partial charge in [-0.2, -0.15) is 51.0 Å². The molecule has 5 heterocycles. The molecule has 0 spiro atoms. The molecule has 5 unspecified atom stereocenters. The molecule has 15 heteroatoms. The van der Waals surface area contributed by atoms with Gasteiger partial charge in [-0.05, 0) is 246 Å². The minimum Gasteiger partial charge on any atom is -0.494 e. The lowest BCUT2D eigenvalue weighted by molar-refractivity contribution is 0.304. The van der Waals surface area contributed by atoms with Crippen molar-refractivity contribution < 1.29 is 23.7 Å². The van der Waals surface area contributed by atoms with E-state index in [4.69, 9.17) is 23.7 Å². The third kappa shape index (κ3) is 48.9. The summed E-state index contributed by atoms with van der Waals surface area (Å²) in [7, 11) is 0. The predicted octanol–water partition coefficient (Wildman–Crippen LogP) is 35.9. The van der Waals surface area contributed by atoms with Crippen LogP contribution in [-0.4, -0.2) is 84.0 Å². The fraction of sp³-hybridized carbons (Fsp3) is 0.583. The fourth-order valence-electron chi connectivity index (χ4n) is 16.1. The molecule has 0 aliphatic heterocycles. The number of hydrogen-bond donors (Lipinski definition) is 0. The molecule has 0 saturated heterocycles. The zero-order chi connectivity index (χ0) is 96.6. The average Bonchev–Trinajstić information content (AvgIpc) is 0.864. The SMILES string of the molecule is CCCCCCC(C)c1ccc(-c2ccc(OCCCC)cc2)nn1.CCCCCCC(C)c1ccc(-c2ccc(OCCCCC)cc2)nn1.CCCCCCCCOc1ccc(-c2ccc(C(C)CCCCCC)nn2)cc1.CCCCCCCOc1ccc(-c2ccc(C(C)CCCCCC)nn2)cc1.CCCCCCOc1ccc(-c2ccc(C(C)CCCCCC)nn2)cc1. The van der Waals surface area contributed by atoms with Crippen LogP contribution in [0.3, 0.4) is 0 Å². The number of nitrogens with zero attached hydrogens (tertiary/aromatic N) is 10. The highest BCUT2D eigenvalue weighted by atomic mass is 16.5. The summed E-state index contributed by atoms with van der Waals surface area (Å²) < 4.78 is 29.0. The topological polar surface area (TPSA) is 175 Å². The number of rotatable bonds is 65. The zero-order valence-corrected chi connectivity index (χ0v) is 87.1. The Morgan fingerprint density at radius 1 is 0.156 bits per heavy atom. The van der Waals surface area contributed by atoms with E-state index in [1.807, 2.05) is 60.7 Å². The van der Waals surface area contributed by atoms with Gasteiger partial charge in [0, 0.05) is 57.4 Å². The summed E-state index contributed by atoms with van der Waals surface area (Å²) >= 11 is 0. The van der Waals surface area contributed by atoms with Crippen LogP contribution in [0.15, 0.2) is 182 Å². The third-order valence-electron chi connectivity index (χ3n) is 25.5. The highest BCUT2D eigenvalue weighted by Crippen LogP contribution is 2.32. The van der Waals surface area contributed by atoms with Crippen molar-refractivity contribution in [2.45, 2.75) is 422 Å². The molecule has 0 aliphatic rings. The molecule has 0 aliphatic carbocycles. The van der Waals surface area contributed by atoms with Crippen molar-refractivity contribution in [2.24, 2.45) is 0 Å². The van der Waals surface area contributed by atoms with E-state index in [2.05, 4.69) is 276 Å². The van der Waals surface area contributed by atoms with Crippen molar-refractivity contribution in [1.29, 1.82) is 0 Å². The van der Waals surface area contributed by atoms with Crippen LogP contribution in [0.25, 0.3) is 56.3 Å². The van der Waals surface area contributed by atoms with Crippen LogP contribution in [0.2, 0.25) is 0 Å². The molecule has 10 aromatic rings. The average molecular weight is 1840 g/mol. The van der Waals surface area contributed by atoms with Crippen molar-refractivity contribution in [2.75, 3.05) is 33.0 Å². The van der Waals surface area contributed by atoms with E-state index < -0.39 is 0 Å². The lowest BCUT2D eigenvalue weighted by Crippen LogP contribution is -2.00. The van der Waals surface area contributed by atoms with Gasteiger partial charge in [0.15, 0.2) is 0 Å². The minimum absolute atomic E-state index is 0.478. The van der Waals surface area contributed by atoms with Gasteiger partial charge in [0.1, 0.15) is 28.7 Å². The van der Waals surface area contributed by atoms with Crippen LogP contribution in [0.4, 0.5) is 0 Å². The molecule has 0 fully saturated rings. The van der Waals surface area contributed by atoms with Gasteiger partial charge in [-0.15, -0.1) is 0 Å². The van der Waals surface area contributed by atoms with E-state index in [0.29, 0.717) is 29.6 Å². The Balaban J connectivity index is 0.000000259. The summed E-state index contributed by atoms with van der Waals surface area (Å²) in [4.78, 5) is 0. The summed E-state index contributed by atoms with van der Waals surface area (Å²) in [6.45, 7) is 37.6. The van der Waals surface area contributed by atoms with Gasteiger partial charge in [0.2, 0.25) is 0 Å². The Kier molecular flexibility index (Phi) is 62.4. The van der Waals surface area contributed by atoms with Gasteiger partial charge in [-0.3, -0.25) is 0 Å². The van der Waals surface area contributed by atoms with Crippen LogP contribution in [0.1, 0.15) is 451 Å².